The second-order valence-electron chi connectivity index (χ2n) is 4.11. The van der Waals surface area contributed by atoms with E-state index in [2.05, 4.69) is 27.9 Å². The Bertz CT molecular complexity index is 411. The smallest absolute Gasteiger partial charge is 0.322 e. The van der Waals surface area contributed by atoms with E-state index < -0.39 is 0 Å². The number of hydrogen-bond acceptors (Lipinski definition) is 2. The van der Waals surface area contributed by atoms with Crippen molar-refractivity contribution in [1.29, 1.82) is 0 Å². The molecule has 0 aliphatic carbocycles. The first-order chi connectivity index (χ1) is 8.20. The summed E-state index contributed by atoms with van der Waals surface area (Å²) in [6.45, 7) is 0.765. The van der Waals surface area contributed by atoms with Gasteiger partial charge in [0.15, 0.2) is 0 Å². The van der Waals surface area contributed by atoms with Crippen molar-refractivity contribution in [1.82, 2.24) is 4.90 Å². The van der Waals surface area contributed by atoms with E-state index in [4.69, 9.17) is 0 Å². The van der Waals surface area contributed by atoms with Crippen molar-refractivity contribution in [3.05, 3.63) is 27.8 Å². The highest BCUT2D eigenvalue weighted by atomic mass is 127. The lowest BCUT2D eigenvalue weighted by atomic mass is 10.2. The molecule has 4 nitrogen and oxygen atoms in total. The van der Waals surface area contributed by atoms with Gasteiger partial charge in [-0.25, -0.2) is 4.79 Å². The van der Waals surface area contributed by atoms with Crippen LogP contribution in [0.15, 0.2) is 24.3 Å². The number of nitrogens with one attached hydrogen (secondary N) is 1. The first-order valence-corrected chi connectivity index (χ1v) is 6.72. The van der Waals surface area contributed by atoms with Crippen molar-refractivity contribution in [2.45, 2.75) is 18.9 Å². The van der Waals surface area contributed by atoms with E-state index in [1.807, 2.05) is 24.3 Å². The van der Waals surface area contributed by atoms with E-state index in [1.165, 1.54) is 0 Å². The van der Waals surface area contributed by atoms with Gasteiger partial charge in [-0.05, 0) is 53.6 Å². The van der Waals surface area contributed by atoms with Gasteiger partial charge in [0.2, 0.25) is 0 Å². The van der Waals surface area contributed by atoms with Crippen LogP contribution in [0.1, 0.15) is 12.8 Å². The van der Waals surface area contributed by atoms with Gasteiger partial charge in [-0.15, -0.1) is 0 Å². The number of hydrogen-bond donors (Lipinski definition) is 2. The molecule has 1 aromatic rings. The number of aliphatic hydroxyl groups excluding tert-OH is 1. The van der Waals surface area contributed by atoms with Gasteiger partial charge in [-0.1, -0.05) is 6.07 Å². The average Bonchev–Trinajstić information content (AvgIpc) is 2.77. The van der Waals surface area contributed by atoms with Crippen molar-refractivity contribution in [3.8, 4) is 0 Å². The summed E-state index contributed by atoms with van der Waals surface area (Å²) in [6.07, 6.45) is 1.85. The van der Waals surface area contributed by atoms with Gasteiger partial charge in [0.05, 0.1) is 12.6 Å². The molecule has 1 fully saturated rings. The summed E-state index contributed by atoms with van der Waals surface area (Å²) in [5, 5.41) is 12.0. The highest BCUT2D eigenvalue weighted by Crippen LogP contribution is 2.19. The third-order valence-electron chi connectivity index (χ3n) is 2.92. The van der Waals surface area contributed by atoms with Gasteiger partial charge in [-0.2, -0.15) is 0 Å². The van der Waals surface area contributed by atoms with Crippen LogP contribution in [0.3, 0.4) is 0 Å². The van der Waals surface area contributed by atoms with Crippen molar-refractivity contribution in [2.75, 3.05) is 18.5 Å². The van der Waals surface area contributed by atoms with E-state index in [0.717, 1.165) is 28.6 Å². The zero-order valence-corrected chi connectivity index (χ0v) is 11.6. The molecule has 1 aromatic carbocycles. The fourth-order valence-electron chi connectivity index (χ4n) is 2.05. The van der Waals surface area contributed by atoms with Gasteiger partial charge in [0.25, 0.3) is 0 Å². The molecule has 92 valence electrons. The van der Waals surface area contributed by atoms with Crippen LogP contribution in [0.5, 0.6) is 0 Å². The number of carbonyl (C=O) groups is 1. The predicted octanol–water partition coefficient (Wildman–Crippen LogP) is 2.28. The largest absolute Gasteiger partial charge is 0.394 e. The molecule has 0 bridgehead atoms. The number of aliphatic hydroxyl groups is 1. The Kier molecular flexibility index (Phi) is 4.22. The molecule has 2 N–H and O–H groups in total. The summed E-state index contributed by atoms with van der Waals surface area (Å²) in [4.78, 5) is 13.7. The van der Waals surface area contributed by atoms with Gasteiger partial charge < -0.3 is 15.3 Å². The number of carbonyl (C=O) groups excluding carboxylic acids is 1. The molecule has 5 heteroatoms. The maximum atomic E-state index is 12.0. The SMILES string of the molecule is O=C(Nc1cccc(I)c1)N1CCCC1CO. The summed E-state index contributed by atoms with van der Waals surface area (Å²) >= 11 is 2.21. The average molecular weight is 346 g/mol. The minimum absolute atomic E-state index is 0.0298. The molecule has 0 spiro atoms. The van der Waals surface area contributed by atoms with Crippen LogP contribution in [-0.4, -0.2) is 35.2 Å². The Morgan fingerprint density at radius 2 is 2.41 bits per heavy atom. The topological polar surface area (TPSA) is 52.6 Å². The van der Waals surface area contributed by atoms with Crippen LogP contribution in [0.25, 0.3) is 0 Å². The van der Waals surface area contributed by atoms with Crippen molar-refractivity contribution < 1.29 is 9.90 Å². The Hall–Kier alpha value is -0.820. The third-order valence-corrected chi connectivity index (χ3v) is 3.60. The first-order valence-electron chi connectivity index (χ1n) is 5.65. The summed E-state index contributed by atoms with van der Waals surface area (Å²) in [7, 11) is 0. The van der Waals surface area contributed by atoms with E-state index in [-0.39, 0.29) is 18.7 Å². The number of nitrogens with zero attached hydrogens (tertiary/aromatic N) is 1. The molecule has 2 amide bonds. The molecule has 0 saturated carbocycles. The van der Waals surface area contributed by atoms with Crippen LogP contribution in [-0.2, 0) is 0 Å². The Morgan fingerprint density at radius 3 is 3.12 bits per heavy atom. The summed E-state index contributed by atoms with van der Waals surface area (Å²) in [6, 6.07) is 7.52. The number of halogens is 1. The van der Waals surface area contributed by atoms with Crippen molar-refractivity contribution in [3.63, 3.8) is 0 Å². The predicted molar refractivity (Wildman–Crippen MR) is 75.0 cm³/mol. The minimum atomic E-state index is -0.122. The van der Waals surface area contributed by atoms with E-state index in [9.17, 15) is 9.90 Å². The number of anilines is 1. The number of urea groups is 1. The zero-order chi connectivity index (χ0) is 12.3. The van der Waals surface area contributed by atoms with Crippen LogP contribution in [0, 0.1) is 3.57 Å². The number of rotatable bonds is 2. The number of benzene rings is 1. The normalized spacial score (nSPS) is 19.4. The number of amides is 2. The lowest BCUT2D eigenvalue weighted by molar-refractivity contribution is 0.166. The fraction of sp³-hybridized carbons (Fsp3) is 0.417. The molecule has 1 aliphatic rings. The molecule has 17 heavy (non-hydrogen) atoms. The molecule has 1 saturated heterocycles. The minimum Gasteiger partial charge on any atom is -0.394 e. The monoisotopic (exact) mass is 346 g/mol. The molecule has 1 aliphatic heterocycles. The molecule has 1 heterocycles. The number of likely N-dealkylation sites (tertiary alicyclic amines) is 1. The molecule has 1 atom stereocenters. The second-order valence-corrected chi connectivity index (χ2v) is 5.36. The Morgan fingerprint density at radius 1 is 1.59 bits per heavy atom. The molecule has 0 radical (unpaired) electrons. The van der Waals surface area contributed by atoms with Gasteiger partial charge in [0, 0.05) is 15.8 Å². The Labute approximate surface area is 114 Å². The van der Waals surface area contributed by atoms with Crippen LogP contribution in [0.4, 0.5) is 10.5 Å². The lowest BCUT2D eigenvalue weighted by Gasteiger charge is -2.23. The fourth-order valence-corrected chi connectivity index (χ4v) is 2.60. The van der Waals surface area contributed by atoms with Crippen molar-refractivity contribution >= 4 is 34.3 Å². The molecular formula is C12H15IN2O2. The summed E-state index contributed by atoms with van der Waals surface area (Å²) in [5.74, 6) is 0. The third kappa shape index (κ3) is 3.10. The van der Waals surface area contributed by atoms with E-state index in [1.54, 1.807) is 4.90 Å². The maximum absolute atomic E-state index is 12.0. The molecule has 1 unspecified atom stereocenters. The quantitative estimate of drug-likeness (QED) is 0.808. The first kappa shape index (κ1) is 12.6. The standard InChI is InChI=1S/C12H15IN2O2/c13-9-3-1-4-10(7-9)14-12(17)15-6-2-5-11(15)8-16/h1,3-4,7,11,16H,2,5-6,8H2,(H,14,17). The van der Waals surface area contributed by atoms with Crippen LogP contribution >= 0.6 is 22.6 Å². The molecule has 0 aromatic heterocycles. The highest BCUT2D eigenvalue weighted by molar-refractivity contribution is 14.1. The van der Waals surface area contributed by atoms with E-state index in [0.29, 0.717) is 0 Å². The zero-order valence-electron chi connectivity index (χ0n) is 9.40. The van der Waals surface area contributed by atoms with Crippen LogP contribution < -0.4 is 5.32 Å². The summed E-state index contributed by atoms with van der Waals surface area (Å²) < 4.78 is 1.08. The van der Waals surface area contributed by atoms with E-state index >= 15 is 0 Å². The maximum Gasteiger partial charge on any atom is 0.322 e. The van der Waals surface area contributed by atoms with Crippen LogP contribution in [0.2, 0.25) is 0 Å². The molecular weight excluding hydrogens is 331 g/mol. The molecule has 2 rings (SSSR count). The van der Waals surface area contributed by atoms with Gasteiger partial charge >= 0.3 is 6.03 Å². The van der Waals surface area contributed by atoms with Gasteiger partial charge in [-0.3, -0.25) is 0 Å². The Balaban J connectivity index is 2.01. The summed E-state index contributed by atoms with van der Waals surface area (Å²) in [5.41, 5.74) is 0.797. The highest BCUT2D eigenvalue weighted by Gasteiger charge is 2.27. The second kappa shape index (κ2) is 5.68. The van der Waals surface area contributed by atoms with Crippen molar-refractivity contribution in [2.24, 2.45) is 0 Å². The van der Waals surface area contributed by atoms with Gasteiger partial charge in [0.1, 0.15) is 0 Å². The lowest BCUT2D eigenvalue weighted by Crippen LogP contribution is -2.40.